The van der Waals surface area contributed by atoms with Crippen LogP contribution in [0.4, 0.5) is 0 Å². The van der Waals surface area contributed by atoms with Crippen molar-refractivity contribution >= 4 is 0 Å². The van der Waals surface area contributed by atoms with Crippen LogP contribution in [-0.4, -0.2) is 0 Å². The summed E-state index contributed by atoms with van der Waals surface area (Å²) in [7, 11) is 12.2. The lowest BCUT2D eigenvalue weighted by Gasteiger charge is -2.11. The molecule has 99 heavy (non-hydrogen) atoms. The Balaban J connectivity index is 0.000000176. The van der Waals surface area contributed by atoms with Crippen molar-refractivity contribution in [2.45, 2.75) is 135 Å². The van der Waals surface area contributed by atoms with E-state index in [1.807, 2.05) is 103 Å². The zero-order valence-electron chi connectivity index (χ0n) is 69.0. The minimum Gasteiger partial charge on any atom is -0.201 e. The summed E-state index contributed by atoms with van der Waals surface area (Å²) in [5.74, 6) is -0.362. The van der Waals surface area contributed by atoms with Crippen molar-refractivity contribution < 1.29 is 35.6 Å². The van der Waals surface area contributed by atoms with Crippen LogP contribution in [0.1, 0.15) is 142 Å². The average molecular weight is 1320 g/mol. The molecule has 0 saturated carbocycles. The number of nitrogens with zero attached hydrogens (tertiary/aromatic N) is 6. The normalized spacial score (nSPS) is 12.4. The molecule has 6 aromatic carbocycles. The van der Waals surface area contributed by atoms with Crippen LogP contribution in [0.25, 0.3) is 67.5 Å². The molecule has 6 heterocycles. The summed E-state index contributed by atoms with van der Waals surface area (Å²) in [6.45, 7) is 26.8. The Hall–Kier alpha value is -9.78. The van der Waals surface area contributed by atoms with E-state index in [9.17, 15) is 0 Å². The van der Waals surface area contributed by atoms with E-state index in [0.717, 1.165) is 52.0 Å². The van der Waals surface area contributed by atoms with Gasteiger partial charge < -0.3 is 0 Å². The van der Waals surface area contributed by atoms with Crippen molar-refractivity contribution in [3.63, 3.8) is 0 Å². The molecule has 1 unspecified atom stereocenters. The summed E-state index contributed by atoms with van der Waals surface area (Å²) in [4.78, 5) is 0. The van der Waals surface area contributed by atoms with Crippen LogP contribution in [0.2, 0.25) is 0 Å². The van der Waals surface area contributed by atoms with Crippen LogP contribution >= 0.6 is 0 Å². The smallest absolute Gasteiger partial charge is 0.201 e. The maximum atomic E-state index is 8.40. The van der Waals surface area contributed by atoms with Gasteiger partial charge in [0.1, 0.15) is 42.3 Å². The first-order valence-electron chi connectivity index (χ1n) is 37.9. The molecule has 0 aliphatic heterocycles. The van der Waals surface area contributed by atoms with Gasteiger partial charge >= 0.3 is 0 Å². The Kier molecular flexibility index (Phi) is 25.5. The number of aryl methyl sites for hydroxylation is 15. The first-order chi connectivity index (χ1) is 49.6. The van der Waals surface area contributed by atoms with Gasteiger partial charge in [-0.2, -0.15) is 0 Å². The maximum absolute atomic E-state index is 8.40. The Bertz CT molecular complexity index is 4870. The van der Waals surface area contributed by atoms with Crippen molar-refractivity contribution in [3.8, 4) is 67.5 Å². The molecule has 0 spiro atoms. The summed E-state index contributed by atoms with van der Waals surface area (Å²) < 4.78 is 60.0. The molecule has 0 saturated heterocycles. The second-order valence-electron chi connectivity index (χ2n) is 26.9. The van der Waals surface area contributed by atoms with Gasteiger partial charge in [-0.25, -0.2) is 27.4 Å². The summed E-state index contributed by atoms with van der Waals surface area (Å²) in [5, 5.41) is 0. The molecule has 0 fully saturated rings. The van der Waals surface area contributed by atoms with Crippen molar-refractivity contribution in [2.24, 2.45) is 48.2 Å². The summed E-state index contributed by atoms with van der Waals surface area (Å²) in [6.07, 6.45) is 13.1. The molecule has 1 atom stereocenters. The van der Waals surface area contributed by atoms with Crippen molar-refractivity contribution in [1.29, 1.82) is 0 Å². The number of rotatable bonds is 12. The fourth-order valence-electron chi connectivity index (χ4n) is 12.6. The monoisotopic (exact) mass is 1320 g/mol. The summed E-state index contributed by atoms with van der Waals surface area (Å²) in [6, 6.07) is 75.3. The molecule has 6 heteroatoms. The number of aromatic nitrogens is 6. The Morgan fingerprint density at radius 1 is 0.354 bits per heavy atom. The van der Waals surface area contributed by atoms with E-state index in [-0.39, 0.29) is 0 Å². The lowest BCUT2D eigenvalue weighted by Crippen LogP contribution is -2.32. The second kappa shape index (κ2) is 37.3. The molecule has 0 amide bonds. The molecule has 6 nitrogen and oxygen atoms in total. The molecule has 0 aliphatic rings. The van der Waals surface area contributed by atoms with Gasteiger partial charge in [0.15, 0.2) is 37.2 Å². The zero-order valence-corrected chi connectivity index (χ0v) is 63.0. The highest BCUT2D eigenvalue weighted by Gasteiger charge is 2.21. The molecular formula is C93H114N6+6. The fourth-order valence-corrected chi connectivity index (χ4v) is 12.6. The molecule has 6 aromatic heterocycles. The van der Waals surface area contributed by atoms with Crippen LogP contribution in [0.15, 0.2) is 256 Å². The number of pyridine rings is 6. The summed E-state index contributed by atoms with van der Waals surface area (Å²) in [5.41, 5.74) is 28.5. The number of hydrogen-bond acceptors (Lipinski definition) is 0. The predicted octanol–water partition coefficient (Wildman–Crippen LogP) is 19.8. The van der Waals surface area contributed by atoms with E-state index in [2.05, 4.69) is 293 Å². The molecule has 510 valence electrons. The highest BCUT2D eigenvalue weighted by Crippen LogP contribution is 2.30. The van der Waals surface area contributed by atoms with Gasteiger partial charge in [-0.15, -0.1) is 0 Å². The van der Waals surface area contributed by atoms with Gasteiger partial charge in [0.05, 0.1) is 0 Å². The van der Waals surface area contributed by atoms with Gasteiger partial charge in [0, 0.05) is 113 Å². The zero-order chi connectivity index (χ0) is 77.1. The Labute approximate surface area is 605 Å². The minimum absolute atomic E-state index is 0.516. The largest absolute Gasteiger partial charge is 0.215 e. The molecule has 0 bridgehead atoms. The van der Waals surface area contributed by atoms with Gasteiger partial charge in [0.2, 0.25) is 34.2 Å². The lowest BCUT2D eigenvalue weighted by atomic mass is 9.94. The molecular weight excluding hydrogens is 1200 g/mol. The van der Waals surface area contributed by atoms with E-state index in [4.69, 9.17) is 8.22 Å². The molecule has 0 N–H and O–H groups in total. The van der Waals surface area contributed by atoms with Gasteiger partial charge in [-0.3, -0.25) is 0 Å². The van der Waals surface area contributed by atoms with Gasteiger partial charge in [-0.05, 0) is 208 Å². The highest BCUT2D eigenvalue weighted by atomic mass is 14.9. The molecule has 0 radical (unpaired) electrons. The van der Waals surface area contributed by atoms with E-state index in [0.29, 0.717) is 17.4 Å². The second-order valence-corrected chi connectivity index (χ2v) is 26.9. The quantitative estimate of drug-likeness (QED) is 0.109. The van der Waals surface area contributed by atoms with E-state index < -0.39 is 19.1 Å². The third-order valence-corrected chi connectivity index (χ3v) is 18.1. The van der Waals surface area contributed by atoms with Gasteiger partial charge in [0.25, 0.3) is 0 Å². The van der Waals surface area contributed by atoms with Crippen molar-refractivity contribution in [3.05, 3.63) is 322 Å². The first kappa shape index (κ1) is 67.8. The van der Waals surface area contributed by atoms with Crippen molar-refractivity contribution in [2.75, 3.05) is 0 Å². The maximum Gasteiger partial charge on any atom is 0.215 e. The summed E-state index contributed by atoms with van der Waals surface area (Å²) >= 11 is 0. The van der Waals surface area contributed by atoms with Gasteiger partial charge in [-0.1, -0.05) is 146 Å². The molecule has 12 rings (SSSR count). The average Bonchev–Trinajstić information content (AvgIpc) is 0.767. The van der Waals surface area contributed by atoms with E-state index >= 15 is 0 Å². The molecule has 12 aromatic rings. The predicted molar refractivity (Wildman–Crippen MR) is 417 cm³/mol. The van der Waals surface area contributed by atoms with Crippen LogP contribution in [0, 0.1) is 54.4 Å². The topological polar surface area (TPSA) is 23.3 Å². The van der Waals surface area contributed by atoms with E-state index in [1.54, 1.807) is 19.1 Å². The SMILES string of the molecule is CCc1ccc(-c2cccc[n+]2C)c(C)c1.Cc1cc(C(C)C)ccc1-c1cccc[n+]1C.Cc1cc(CC(C)C)ccc1-c1cccc[n+]1C.Cc1ccc(-c2cccc[n+]2C)c(C)c1.[2H]C([2H])(C)c1ccc[n+](C)c1-c1ccccc1C.[2H]C([2H])([2H])C([2H])(C)c1ccc[n+](C)c1-c1ccccc1C. The Morgan fingerprint density at radius 3 is 1.14 bits per heavy atom. The Morgan fingerprint density at radius 2 is 0.737 bits per heavy atom. The third kappa shape index (κ3) is 21.1. The number of benzene rings is 6. The first-order valence-corrected chi connectivity index (χ1v) is 34.9. The standard InChI is InChI=1S/C17H22N.2C16H20N.2C15H18N.C14H16N/c1-13(2)11-15-8-9-16(14(3)12-15)17-7-5-6-10-18(17)4;1-12(2)14-10-7-11-17(4)16(14)15-9-6-5-8-13(15)3;1-12(2)14-8-9-15(13(3)11-14)16-7-5-6-10-17(16)4;1-4-13-9-7-11-16(3)15(13)14-10-6-5-8-12(14)2;1-4-13-8-9-14(12(2)11-13)15-7-5-6-10-16(15)3;1-11-7-8-13(12(2)10-11)14-6-4-5-9-15(14)3/h5-10,12-13H,11H2,1-4H3;2*5-12H,1-4H3;2*5-11H,4H2,1-3H3;4-10H,1-3H3/q6*+1/i;1D3,12D;;4D2;;. The van der Waals surface area contributed by atoms with Crippen LogP contribution in [0.3, 0.4) is 0 Å². The van der Waals surface area contributed by atoms with Crippen molar-refractivity contribution in [1.82, 2.24) is 0 Å². The third-order valence-electron chi connectivity index (χ3n) is 18.1. The minimum atomic E-state index is -2.39. The van der Waals surface area contributed by atoms with E-state index in [1.165, 1.54) is 96.5 Å². The number of hydrogen-bond donors (Lipinski definition) is 0. The highest BCUT2D eigenvalue weighted by molar-refractivity contribution is 5.67. The van der Waals surface area contributed by atoms with Crippen LogP contribution < -0.4 is 27.4 Å². The molecule has 0 aliphatic carbocycles. The van der Waals surface area contributed by atoms with Crippen LogP contribution in [-0.2, 0) is 61.5 Å². The fraction of sp³-hybridized carbons (Fsp3) is 0.290. The van der Waals surface area contributed by atoms with Crippen LogP contribution in [0.5, 0.6) is 0 Å². The lowest BCUT2D eigenvalue weighted by molar-refractivity contribution is -0.660.